The Morgan fingerprint density at radius 3 is 2.23 bits per heavy atom. The fourth-order valence-corrected chi connectivity index (χ4v) is 1.69. The monoisotopic (exact) mass is 313 g/mol. The second kappa shape index (κ2) is 5.92. The Bertz CT molecular complexity index is 701. The average Bonchev–Trinajstić information content (AvgIpc) is 2.42. The maximum absolute atomic E-state index is 13.4. The number of para-hydroxylation sites is 1. The maximum atomic E-state index is 13.4. The average molecular weight is 313 g/mol. The summed E-state index contributed by atoms with van der Waals surface area (Å²) in [5.41, 5.74) is 4.22. The molecular formula is C14H11F4N3O. The SMILES string of the molecule is Nc1cc(C(F)(F)F)ccc1NC(=O)Nc1ccccc1F. The molecule has 0 aliphatic rings. The van der Waals surface area contributed by atoms with Crippen LogP contribution in [0.15, 0.2) is 42.5 Å². The molecule has 0 spiro atoms. The second-order valence-corrected chi connectivity index (χ2v) is 4.36. The van der Waals surface area contributed by atoms with Crippen LogP contribution < -0.4 is 16.4 Å². The molecule has 2 amide bonds. The van der Waals surface area contributed by atoms with Gasteiger partial charge in [0.15, 0.2) is 0 Å². The van der Waals surface area contributed by atoms with Crippen LogP contribution in [0.4, 0.5) is 39.4 Å². The fraction of sp³-hybridized carbons (Fsp3) is 0.0714. The lowest BCUT2D eigenvalue weighted by atomic mass is 10.1. The van der Waals surface area contributed by atoms with Gasteiger partial charge in [-0.15, -0.1) is 0 Å². The number of carbonyl (C=O) groups excluding carboxylic acids is 1. The van der Waals surface area contributed by atoms with Crippen LogP contribution in [0.25, 0.3) is 0 Å². The van der Waals surface area contributed by atoms with E-state index < -0.39 is 23.6 Å². The zero-order valence-corrected chi connectivity index (χ0v) is 11.0. The lowest BCUT2D eigenvalue weighted by molar-refractivity contribution is -0.137. The fourth-order valence-electron chi connectivity index (χ4n) is 1.69. The summed E-state index contributed by atoms with van der Waals surface area (Å²) in [5, 5.41) is 4.48. The van der Waals surface area contributed by atoms with Gasteiger partial charge in [0.25, 0.3) is 0 Å². The minimum absolute atomic E-state index is 0.0122. The summed E-state index contributed by atoms with van der Waals surface area (Å²) in [6, 6.07) is 7.16. The lowest BCUT2D eigenvalue weighted by Crippen LogP contribution is -2.21. The largest absolute Gasteiger partial charge is 0.416 e. The van der Waals surface area contributed by atoms with Gasteiger partial charge in [0.1, 0.15) is 5.82 Å². The molecule has 0 aromatic heterocycles. The predicted molar refractivity (Wildman–Crippen MR) is 74.9 cm³/mol. The molecule has 2 rings (SSSR count). The molecular weight excluding hydrogens is 302 g/mol. The highest BCUT2D eigenvalue weighted by atomic mass is 19.4. The molecule has 0 fully saturated rings. The number of urea groups is 1. The van der Waals surface area contributed by atoms with Crippen molar-refractivity contribution in [3.8, 4) is 0 Å². The summed E-state index contributed by atoms with van der Waals surface area (Å²) < 4.78 is 50.9. The molecule has 0 radical (unpaired) electrons. The van der Waals surface area contributed by atoms with E-state index in [-0.39, 0.29) is 17.1 Å². The first-order valence-corrected chi connectivity index (χ1v) is 6.06. The number of rotatable bonds is 2. The van der Waals surface area contributed by atoms with Crippen molar-refractivity contribution in [2.45, 2.75) is 6.18 Å². The third kappa shape index (κ3) is 3.66. The smallest absolute Gasteiger partial charge is 0.397 e. The number of anilines is 3. The number of nitrogens with two attached hydrogens (primary N) is 1. The number of halogens is 4. The molecule has 2 aromatic rings. The Morgan fingerprint density at radius 2 is 1.64 bits per heavy atom. The van der Waals surface area contributed by atoms with Gasteiger partial charge in [-0.2, -0.15) is 13.2 Å². The number of alkyl halides is 3. The Kier molecular flexibility index (Phi) is 4.20. The van der Waals surface area contributed by atoms with Crippen LogP contribution in [0.5, 0.6) is 0 Å². The van der Waals surface area contributed by atoms with Gasteiger partial charge in [-0.05, 0) is 30.3 Å². The van der Waals surface area contributed by atoms with Crippen LogP contribution >= 0.6 is 0 Å². The van der Waals surface area contributed by atoms with E-state index in [0.29, 0.717) is 6.07 Å². The van der Waals surface area contributed by atoms with E-state index in [4.69, 9.17) is 5.73 Å². The minimum atomic E-state index is -4.53. The van der Waals surface area contributed by atoms with Gasteiger partial charge < -0.3 is 16.4 Å². The summed E-state index contributed by atoms with van der Waals surface area (Å²) in [7, 11) is 0. The molecule has 22 heavy (non-hydrogen) atoms. The molecule has 0 heterocycles. The number of nitrogens with one attached hydrogen (secondary N) is 2. The standard InChI is InChI=1S/C14H11F4N3O/c15-9-3-1-2-4-11(9)20-13(22)21-12-6-5-8(7-10(12)19)14(16,17)18/h1-7H,19H2,(H2,20,21,22). The Balaban J connectivity index is 2.11. The highest BCUT2D eigenvalue weighted by Gasteiger charge is 2.30. The van der Waals surface area contributed by atoms with Gasteiger partial charge in [-0.25, -0.2) is 9.18 Å². The van der Waals surface area contributed by atoms with E-state index in [1.54, 1.807) is 0 Å². The molecule has 0 saturated carbocycles. The van der Waals surface area contributed by atoms with E-state index in [0.717, 1.165) is 18.2 Å². The van der Waals surface area contributed by atoms with Crippen LogP contribution in [0.2, 0.25) is 0 Å². The summed E-state index contributed by atoms with van der Waals surface area (Å²) >= 11 is 0. The Hall–Kier alpha value is -2.77. The molecule has 0 aliphatic carbocycles. The topological polar surface area (TPSA) is 67.1 Å². The van der Waals surface area contributed by atoms with E-state index in [2.05, 4.69) is 10.6 Å². The van der Waals surface area contributed by atoms with Crippen molar-refractivity contribution in [3.63, 3.8) is 0 Å². The van der Waals surface area contributed by atoms with Gasteiger partial charge in [-0.3, -0.25) is 0 Å². The van der Waals surface area contributed by atoms with Crippen molar-refractivity contribution < 1.29 is 22.4 Å². The normalized spacial score (nSPS) is 11.1. The summed E-state index contributed by atoms with van der Waals surface area (Å²) in [6.07, 6.45) is -4.53. The van der Waals surface area contributed by atoms with Crippen LogP contribution in [-0.4, -0.2) is 6.03 Å². The third-order valence-electron chi connectivity index (χ3n) is 2.75. The van der Waals surface area contributed by atoms with Gasteiger partial charge in [0.2, 0.25) is 0 Å². The van der Waals surface area contributed by atoms with E-state index >= 15 is 0 Å². The number of benzene rings is 2. The zero-order chi connectivity index (χ0) is 16.3. The molecule has 0 atom stereocenters. The molecule has 116 valence electrons. The lowest BCUT2D eigenvalue weighted by Gasteiger charge is -2.12. The highest BCUT2D eigenvalue weighted by molar-refractivity contribution is 6.01. The van der Waals surface area contributed by atoms with Crippen LogP contribution in [0.1, 0.15) is 5.56 Å². The van der Waals surface area contributed by atoms with Crippen molar-refractivity contribution in [1.82, 2.24) is 0 Å². The molecule has 0 unspecified atom stereocenters. The van der Waals surface area contributed by atoms with Gasteiger partial charge in [0.05, 0.1) is 22.6 Å². The predicted octanol–water partition coefficient (Wildman–Crippen LogP) is 4.07. The van der Waals surface area contributed by atoms with Gasteiger partial charge in [0, 0.05) is 0 Å². The molecule has 0 aliphatic heterocycles. The first-order valence-electron chi connectivity index (χ1n) is 6.06. The first kappa shape index (κ1) is 15.6. The zero-order valence-electron chi connectivity index (χ0n) is 11.0. The quantitative estimate of drug-likeness (QED) is 0.578. The van der Waals surface area contributed by atoms with Crippen molar-refractivity contribution >= 4 is 23.1 Å². The number of amides is 2. The number of hydrogen-bond acceptors (Lipinski definition) is 2. The first-order chi connectivity index (χ1) is 10.3. The Labute approximate surface area is 122 Å². The molecule has 2 aromatic carbocycles. The molecule has 4 N–H and O–H groups in total. The molecule has 4 nitrogen and oxygen atoms in total. The van der Waals surface area contributed by atoms with Crippen molar-refractivity contribution in [1.29, 1.82) is 0 Å². The van der Waals surface area contributed by atoms with Crippen molar-refractivity contribution in [2.75, 3.05) is 16.4 Å². The van der Waals surface area contributed by atoms with Crippen LogP contribution in [0, 0.1) is 5.82 Å². The third-order valence-corrected chi connectivity index (χ3v) is 2.75. The number of carbonyl (C=O) groups is 1. The van der Waals surface area contributed by atoms with Crippen molar-refractivity contribution in [3.05, 3.63) is 53.8 Å². The second-order valence-electron chi connectivity index (χ2n) is 4.36. The number of hydrogen-bond donors (Lipinski definition) is 3. The highest BCUT2D eigenvalue weighted by Crippen LogP contribution is 2.32. The number of nitrogen functional groups attached to an aromatic ring is 1. The van der Waals surface area contributed by atoms with Gasteiger partial charge in [-0.1, -0.05) is 12.1 Å². The minimum Gasteiger partial charge on any atom is -0.397 e. The van der Waals surface area contributed by atoms with Gasteiger partial charge >= 0.3 is 12.2 Å². The van der Waals surface area contributed by atoms with Crippen LogP contribution in [0.3, 0.4) is 0 Å². The summed E-state index contributed by atoms with van der Waals surface area (Å²) in [4.78, 5) is 11.7. The molecule has 8 heteroatoms. The van der Waals surface area contributed by atoms with E-state index in [9.17, 15) is 22.4 Å². The molecule has 0 bridgehead atoms. The van der Waals surface area contributed by atoms with E-state index in [1.807, 2.05) is 0 Å². The summed E-state index contributed by atoms with van der Waals surface area (Å²) in [6.45, 7) is 0. The molecule has 0 saturated heterocycles. The van der Waals surface area contributed by atoms with Crippen LogP contribution in [-0.2, 0) is 6.18 Å². The summed E-state index contributed by atoms with van der Waals surface area (Å²) in [5.74, 6) is -0.641. The van der Waals surface area contributed by atoms with Crippen molar-refractivity contribution in [2.24, 2.45) is 0 Å². The van der Waals surface area contributed by atoms with E-state index in [1.165, 1.54) is 18.2 Å². The maximum Gasteiger partial charge on any atom is 0.416 e. The Morgan fingerprint density at radius 1 is 1.00 bits per heavy atom.